The molecule has 0 bridgehead atoms. The van der Waals surface area contributed by atoms with Crippen LogP contribution >= 0.6 is 11.3 Å². The van der Waals surface area contributed by atoms with Crippen molar-refractivity contribution < 1.29 is 0 Å². The summed E-state index contributed by atoms with van der Waals surface area (Å²) in [5.41, 5.74) is 1.23. The normalized spacial score (nSPS) is 12.7. The lowest BCUT2D eigenvalue weighted by Crippen LogP contribution is -2.21. The average Bonchev–Trinajstić information content (AvgIpc) is 2.64. The van der Waals surface area contributed by atoms with E-state index in [9.17, 15) is 0 Å². The third kappa shape index (κ3) is 3.60. The lowest BCUT2D eigenvalue weighted by molar-refractivity contribution is 0.520. The molecule has 0 radical (unpaired) electrons. The molecule has 78 valence electrons. The first-order chi connectivity index (χ1) is 6.74. The molecule has 1 aromatic heterocycles. The minimum Gasteiger partial charge on any atom is -0.308 e. The highest BCUT2D eigenvalue weighted by Gasteiger charge is 2.09. The maximum absolute atomic E-state index is 4.32. The van der Waals surface area contributed by atoms with Crippen LogP contribution in [0.2, 0.25) is 0 Å². The molecular formula is C11H18N2S. The Balaban J connectivity index is 2.36. The second-order valence-corrected chi connectivity index (χ2v) is 4.42. The molecule has 0 aliphatic rings. The Kier molecular flexibility index (Phi) is 4.84. The molecule has 1 aromatic rings. The first kappa shape index (κ1) is 11.4. The van der Waals surface area contributed by atoms with Crippen molar-refractivity contribution >= 4 is 11.3 Å². The highest BCUT2D eigenvalue weighted by atomic mass is 32.1. The van der Waals surface area contributed by atoms with Gasteiger partial charge in [0.2, 0.25) is 0 Å². The zero-order valence-corrected chi connectivity index (χ0v) is 9.73. The van der Waals surface area contributed by atoms with E-state index < -0.39 is 0 Å². The summed E-state index contributed by atoms with van der Waals surface area (Å²) in [6.45, 7) is 9.12. The van der Waals surface area contributed by atoms with Gasteiger partial charge in [-0.25, -0.2) is 4.98 Å². The maximum atomic E-state index is 4.32. The fourth-order valence-corrected chi connectivity index (χ4v) is 2.07. The van der Waals surface area contributed by atoms with E-state index in [2.05, 4.69) is 30.7 Å². The Bertz CT molecular complexity index is 267. The molecule has 14 heavy (non-hydrogen) atoms. The van der Waals surface area contributed by atoms with E-state index in [0.717, 1.165) is 19.4 Å². The number of aromatic nitrogens is 1. The summed E-state index contributed by atoms with van der Waals surface area (Å²) in [5.74, 6) is 0. The molecule has 0 aliphatic heterocycles. The van der Waals surface area contributed by atoms with Gasteiger partial charge in [0.1, 0.15) is 5.01 Å². The van der Waals surface area contributed by atoms with Gasteiger partial charge in [-0.1, -0.05) is 12.5 Å². The summed E-state index contributed by atoms with van der Waals surface area (Å²) in [6, 6.07) is 0.411. The minimum atomic E-state index is 0.411. The maximum Gasteiger partial charge on any atom is 0.109 e. The fraction of sp³-hybridized carbons (Fsp3) is 0.545. The quantitative estimate of drug-likeness (QED) is 0.730. The standard InChI is InChI=1S/C11H18N2S/c1-4-10(11-13-7-8-14-11)12-6-5-9(2)3/h7-8,10,12H,2,4-6H2,1,3H3. The topological polar surface area (TPSA) is 24.9 Å². The van der Waals surface area contributed by atoms with Crippen LogP contribution in [-0.2, 0) is 0 Å². The van der Waals surface area contributed by atoms with Crippen LogP contribution in [0.15, 0.2) is 23.7 Å². The average molecular weight is 210 g/mol. The van der Waals surface area contributed by atoms with Crippen molar-refractivity contribution in [2.75, 3.05) is 6.54 Å². The summed E-state index contributed by atoms with van der Waals surface area (Å²) in [4.78, 5) is 4.32. The Morgan fingerprint density at radius 1 is 1.71 bits per heavy atom. The van der Waals surface area contributed by atoms with Crippen molar-refractivity contribution in [2.24, 2.45) is 0 Å². The van der Waals surface area contributed by atoms with E-state index in [1.165, 1.54) is 10.6 Å². The van der Waals surface area contributed by atoms with Crippen molar-refractivity contribution in [2.45, 2.75) is 32.7 Å². The molecule has 1 heterocycles. The van der Waals surface area contributed by atoms with Crippen LogP contribution in [0.3, 0.4) is 0 Å². The second-order valence-electron chi connectivity index (χ2n) is 3.49. The Hall–Kier alpha value is -0.670. The molecule has 1 unspecified atom stereocenters. The smallest absolute Gasteiger partial charge is 0.109 e. The number of nitrogens with one attached hydrogen (secondary N) is 1. The predicted octanol–water partition coefficient (Wildman–Crippen LogP) is 3.15. The van der Waals surface area contributed by atoms with Crippen LogP contribution in [0.4, 0.5) is 0 Å². The van der Waals surface area contributed by atoms with Crippen LogP contribution in [0.5, 0.6) is 0 Å². The molecule has 1 atom stereocenters. The molecule has 0 saturated heterocycles. The lowest BCUT2D eigenvalue weighted by atomic mass is 10.2. The molecule has 1 rings (SSSR count). The van der Waals surface area contributed by atoms with E-state index in [-0.39, 0.29) is 0 Å². The zero-order valence-electron chi connectivity index (χ0n) is 8.92. The molecule has 0 aliphatic carbocycles. The van der Waals surface area contributed by atoms with Gasteiger partial charge in [-0.3, -0.25) is 0 Å². The first-order valence-electron chi connectivity index (χ1n) is 5.01. The van der Waals surface area contributed by atoms with Gasteiger partial charge in [0.05, 0.1) is 6.04 Å². The highest BCUT2D eigenvalue weighted by Crippen LogP contribution is 2.18. The molecule has 0 aromatic carbocycles. The van der Waals surface area contributed by atoms with Gasteiger partial charge < -0.3 is 5.32 Å². The molecule has 0 fully saturated rings. The number of nitrogens with zero attached hydrogens (tertiary/aromatic N) is 1. The third-order valence-electron chi connectivity index (χ3n) is 2.10. The lowest BCUT2D eigenvalue weighted by Gasteiger charge is -2.13. The largest absolute Gasteiger partial charge is 0.308 e. The van der Waals surface area contributed by atoms with E-state index in [1.807, 2.05) is 11.6 Å². The van der Waals surface area contributed by atoms with Crippen molar-refractivity contribution in [3.8, 4) is 0 Å². The highest BCUT2D eigenvalue weighted by molar-refractivity contribution is 7.09. The predicted molar refractivity (Wildman–Crippen MR) is 62.6 cm³/mol. The second kappa shape index (κ2) is 5.94. The number of thiazole rings is 1. The number of rotatable bonds is 6. The molecule has 0 saturated carbocycles. The summed E-state index contributed by atoms with van der Waals surface area (Å²) >= 11 is 1.72. The van der Waals surface area contributed by atoms with E-state index in [0.29, 0.717) is 6.04 Å². The van der Waals surface area contributed by atoms with Crippen molar-refractivity contribution in [3.05, 3.63) is 28.7 Å². The zero-order chi connectivity index (χ0) is 10.4. The van der Waals surface area contributed by atoms with Gasteiger partial charge >= 0.3 is 0 Å². The Labute approximate surface area is 90.1 Å². The van der Waals surface area contributed by atoms with Crippen LogP contribution in [0, 0.1) is 0 Å². The molecule has 1 N–H and O–H groups in total. The fourth-order valence-electron chi connectivity index (χ4n) is 1.27. The van der Waals surface area contributed by atoms with Crippen LogP contribution in [0.1, 0.15) is 37.7 Å². The molecule has 0 spiro atoms. The van der Waals surface area contributed by atoms with Gasteiger partial charge in [0.15, 0.2) is 0 Å². The summed E-state index contributed by atoms with van der Waals surface area (Å²) in [5, 5.41) is 6.71. The molecule has 2 nitrogen and oxygen atoms in total. The SMILES string of the molecule is C=C(C)CCNC(CC)c1nccs1. The van der Waals surface area contributed by atoms with Crippen molar-refractivity contribution in [3.63, 3.8) is 0 Å². The number of hydrogen-bond donors (Lipinski definition) is 1. The van der Waals surface area contributed by atoms with Crippen LogP contribution in [-0.4, -0.2) is 11.5 Å². The first-order valence-corrected chi connectivity index (χ1v) is 5.89. The summed E-state index contributed by atoms with van der Waals surface area (Å²) in [7, 11) is 0. The third-order valence-corrected chi connectivity index (χ3v) is 2.99. The van der Waals surface area contributed by atoms with Gasteiger partial charge in [-0.2, -0.15) is 0 Å². The van der Waals surface area contributed by atoms with Crippen LogP contribution < -0.4 is 5.32 Å². The summed E-state index contributed by atoms with van der Waals surface area (Å²) < 4.78 is 0. The van der Waals surface area contributed by atoms with Gasteiger partial charge in [0.25, 0.3) is 0 Å². The van der Waals surface area contributed by atoms with E-state index in [4.69, 9.17) is 0 Å². The Morgan fingerprint density at radius 3 is 3.00 bits per heavy atom. The molecule has 3 heteroatoms. The summed E-state index contributed by atoms with van der Waals surface area (Å²) in [6.07, 6.45) is 3.99. The van der Waals surface area contributed by atoms with Crippen LogP contribution in [0.25, 0.3) is 0 Å². The van der Waals surface area contributed by atoms with Gasteiger partial charge in [0, 0.05) is 11.6 Å². The Morgan fingerprint density at radius 2 is 2.50 bits per heavy atom. The minimum absolute atomic E-state index is 0.411. The van der Waals surface area contributed by atoms with Crippen molar-refractivity contribution in [1.82, 2.24) is 10.3 Å². The van der Waals surface area contributed by atoms with E-state index >= 15 is 0 Å². The van der Waals surface area contributed by atoms with Crippen molar-refractivity contribution in [1.29, 1.82) is 0 Å². The molecular weight excluding hydrogens is 192 g/mol. The number of hydrogen-bond acceptors (Lipinski definition) is 3. The molecule has 0 amide bonds. The monoisotopic (exact) mass is 210 g/mol. The van der Waals surface area contributed by atoms with Gasteiger partial charge in [-0.05, 0) is 26.3 Å². The van der Waals surface area contributed by atoms with E-state index in [1.54, 1.807) is 11.3 Å². The van der Waals surface area contributed by atoms with Gasteiger partial charge in [-0.15, -0.1) is 17.9 Å².